The Morgan fingerprint density at radius 2 is 2.15 bits per heavy atom. The monoisotopic (exact) mass is 386 g/mol. The molecule has 2 aromatic rings. The van der Waals surface area contributed by atoms with Crippen molar-refractivity contribution >= 4 is 29.4 Å². The highest BCUT2D eigenvalue weighted by Gasteiger charge is 2.30. The molecule has 1 aromatic carbocycles. The summed E-state index contributed by atoms with van der Waals surface area (Å²) in [7, 11) is 0. The van der Waals surface area contributed by atoms with Gasteiger partial charge < -0.3 is 10.6 Å². The van der Waals surface area contributed by atoms with E-state index in [0.717, 1.165) is 56.3 Å². The summed E-state index contributed by atoms with van der Waals surface area (Å²) < 4.78 is 0. The minimum Gasteiger partial charge on any atom is -0.336 e. The van der Waals surface area contributed by atoms with Crippen molar-refractivity contribution in [2.75, 3.05) is 31.9 Å². The number of fused-ring (bicyclic) bond motifs is 1. The molecule has 1 fully saturated rings. The number of benzene rings is 1. The summed E-state index contributed by atoms with van der Waals surface area (Å²) in [5.74, 6) is 0.764. The normalized spacial score (nSPS) is 19.4. The highest BCUT2D eigenvalue weighted by atomic mass is 32.1. The lowest BCUT2D eigenvalue weighted by Gasteiger charge is -2.42. The number of unbranched alkanes of at least 4 members (excludes halogenated alkanes) is 1. The third-order valence-electron chi connectivity index (χ3n) is 5.35. The molecule has 146 valence electrons. The topological polar surface area (TPSA) is 62.5 Å². The third kappa shape index (κ3) is 4.81. The predicted molar refractivity (Wildman–Crippen MR) is 114 cm³/mol. The second-order valence-corrected chi connectivity index (χ2v) is 7.73. The van der Waals surface area contributed by atoms with Crippen LogP contribution in [0.5, 0.6) is 0 Å². The number of nitrogens with two attached hydrogens (primary N) is 1. The van der Waals surface area contributed by atoms with Crippen LogP contribution in [0.25, 0.3) is 10.9 Å². The quantitative estimate of drug-likeness (QED) is 0.719. The van der Waals surface area contributed by atoms with Crippen LogP contribution in [0.4, 0.5) is 0 Å². The van der Waals surface area contributed by atoms with E-state index in [1.807, 2.05) is 35.2 Å². The van der Waals surface area contributed by atoms with Crippen LogP contribution in [0.3, 0.4) is 0 Å². The number of rotatable bonds is 7. The maximum Gasteiger partial charge on any atom is 0.256 e. The SMILES string of the molecule is CCCCC1CN(C(=O)c2cccc3cccnc23)CCN1CC(N)CS. The van der Waals surface area contributed by atoms with Gasteiger partial charge in [0.05, 0.1) is 11.1 Å². The minimum atomic E-state index is 0.0713. The van der Waals surface area contributed by atoms with Crippen LogP contribution in [0.15, 0.2) is 36.5 Å². The summed E-state index contributed by atoms with van der Waals surface area (Å²) in [6, 6.07) is 10.2. The highest BCUT2D eigenvalue weighted by Crippen LogP contribution is 2.21. The zero-order valence-electron chi connectivity index (χ0n) is 16.1. The number of aromatic nitrogens is 1. The summed E-state index contributed by atoms with van der Waals surface area (Å²) >= 11 is 4.32. The van der Waals surface area contributed by atoms with Crippen LogP contribution in [-0.4, -0.2) is 64.7 Å². The molecule has 6 heteroatoms. The number of pyridine rings is 1. The molecule has 0 spiro atoms. The molecule has 1 saturated heterocycles. The van der Waals surface area contributed by atoms with Crippen molar-refractivity contribution in [1.29, 1.82) is 0 Å². The first-order valence-electron chi connectivity index (χ1n) is 9.87. The number of nitrogens with zero attached hydrogens (tertiary/aromatic N) is 3. The Labute approximate surface area is 167 Å². The van der Waals surface area contributed by atoms with Crippen LogP contribution >= 0.6 is 12.6 Å². The molecule has 0 aliphatic carbocycles. The number of carbonyl (C=O) groups excluding carboxylic acids is 1. The molecule has 1 aromatic heterocycles. The van der Waals surface area contributed by atoms with Crippen molar-refractivity contribution in [3.05, 3.63) is 42.1 Å². The second kappa shape index (κ2) is 9.53. The van der Waals surface area contributed by atoms with Gasteiger partial charge in [-0.15, -0.1) is 0 Å². The van der Waals surface area contributed by atoms with E-state index in [1.54, 1.807) is 6.20 Å². The van der Waals surface area contributed by atoms with Crippen LogP contribution in [0, 0.1) is 0 Å². The summed E-state index contributed by atoms with van der Waals surface area (Å²) in [6.07, 6.45) is 5.16. The van der Waals surface area contributed by atoms with Gasteiger partial charge >= 0.3 is 0 Å². The molecule has 3 rings (SSSR count). The highest BCUT2D eigenvalue weighted by molar-refractivity contribution is 7.80. The van der Waals surface area contributed by atoms with E-state index in [0.29, 0.717) is 17.4 Å². The van der Waals surface area contributed by atoms with Gasteiger partial charge in [-0.25, -0.2) is 0 Å². The Morgan fingerprint density at radius 3 is 2.93 bits per heavy atom. The van der Waals surface area contributed by atoms with Crippen molar-refractivity contribution in [2.45, 2.75) is 38.3 Å². The Morgan fingerprint density at radius 1 is 1.33 bits per heavy atom. The summed E-state index contributed by atoms with van der Waals surface area (Å²) in [6.45, 7) is 5.39. The number of para-hydroxylation sites is 1. The first-order chi connectivity index (χ1) is 13.1. The molecule has 5 nitrogen and oxygen atoms in total. The molecular formula is C21H30N4OS. The first kappa shape index (κ1) is 20.1. The van der Waals surface area contributed by atoms with Gasteiger partial charge in [0.2, 0.25) is 0 Å². The molecule has 27 heavy (non-hydrogen) atoms. The summed E-state index contributed by atoms with van der Waals surface area (Å²) in [5, 5.41) is 1.00. The smallest absolute Gasteiger partial charge is 0.256 e. The predicted octanol–water partition coefficient (Wildman–Crippen LogP) is 2.81. The van der Waals surface area contributed by atoms with E-state index >= 15 is 0 Å². The number of hydrogen-bond acceptors (Lipinski definition) is 5. The lowest BCUT2D eigenvalue weighted by atomic mass is 10.0. The zero-order valence-corrected chi connectivity index (χ0v) is 16.9. The van der Waals surface area contributed by atoms with Crippen molar-refractivity contribution in [3.63, 3.8) is 0 Å². The van der Waals surface area contributed by atoms with E-state index in [1.165, 1.54) is 0 Å². The van der Waals surface area contributed by atoms with Gasteiger partial charge in [0, 0.05) is 55.6 Å². The minimum absolute atomic E-state index is 0.0713. The van der Waals surface area contributed by atoms with Crippen molar-refractivity contribution in [1.82, 2.24) is 14.8 Å². The van der Waals surface area contributed by atoms with Crippen molar-refractivity contribution in [2.24, 2.45) is 5.73 Å². The first-order valence-corrected chi connectivity index (χ1v) is 10.5. The van der Waals surface area contributed by atoms with E-state index in [-0.39, 0.29) is 11.9 Å². The zero-order chi connectivity index (χ0) is 19.2. The average Bonchev–Trinajstić information content (AvgIpc) is 2.71. The Hall–Kier alpha value is -1.63. The summed E-state index contributed by atoms with van der Waals surface area (Å²) in [4.78, 5) is 22.1. The molecule has 2 heterocycles. The molecule has 2 N–H and O–H groups in total. The van der Waals surface area contributed by atoms with Crippen molar-refractivity contribution in [3.8, 4) is 0 Å². The molecule has 0 bridgehead atoms. The fourth-order valence-electron chi connectivity index (χ4n) is 3.84. The van der Waals surface area contributed by atoms with E-state index in [4.69, 9.17) is 5.73 Å². The fraction of sp³-hybridized carbons (Fsp3) is 0.524. The Kier molecular flexibility index (Phi) is 7.10. The Balaban J connectivity index is 1.77. The van der Waals surface area contributed by atoms with Crippen LogP contribution in [0.1, 0.15) is 36.5 Å². The molecule has 1 aliphatic rings. The lowest BCUT2D eigenvalue weighted by Crippen LogP contribution is -2.57. The van der Waals surface area contributed by atoms with Gasteiger partial charge in [-0.3, -0.25) is 14.7 Å². The summed E-state index contributed by atoms with van der Waals surface area (Å²) in [5.41, 5.74) is 7.62. The maximum absolute atomic E-state index is 13.2. The number of piperazine rings is 1. The average molecular weight is 387 g/mol. The van der Waals surface area contributed by atoms with Gasteiger partial charge in [0.25, 0.3) is 5.91 Å². The standard InChI is InChI=1S/C21H30N4OS/c1-2-3-8-18-14-25(12-11-24(18)13-17(22)15-27)21(26)19-9-4-6-16-7-5-10-23-20(16)19/h4-7,9-10,17-18,27H,2-3,8,11-15,22H2,1H3. The maximum atomic E-state index is 13.2. The van der Waals surface area contributed by atoms with Gasteiger partial charge in [0.15, 0.2) is 0 Å². The fourth-order valence-corrected chi connectivity index (χ4v) is 3.95. The lowest BCUT2D eigenvalue weighted by molar-refractivity contribution is 0.0450. The number of carbonyl (C=O) groups is 1. The molecule has 2 unspecified atom stereocenters. The van der Waals surface area contributed by atoms with E-state index in [2.05, 4.69) is 29.4 Å². The van der Waals surface area contributed by atoms with Crippen LogP contribution < -0.4 is 5.73 Å². The van der Waals surface area contributed by atoms with Gasteiger partial charge in [-0.05, 0) is 18.6 Å². The van der Waals surface area contributed by atoms with E-state index in [9.17, 15) is 4.79 Å². The number of thiol groups is 1. The molecule has 2 atom stereocenters. The van der Waals surface area contributed by atoms with Gasteiger partial charge in [-0.1, -0.05) is 38.0 Å². The molecule has 1 aliphatic heterocycles. The number of amides is 1. The molecule has 0 saturated carbocycles. The van der Waals surface area contributed by atoms with Crippen molar-refractivity contribution < 1.29 is 4.79 Å². The van der Waals surface area contributed by atoms with Gasteiger partial charge in [0.1, 0.15) is 0 Å². The van der Waals surface area contributed by atoms with Crippen LogP contribution in [0.2, 0.25) is 0 Å². The van der Waals surface area contributed by atoms with Crippen LogP contribution in [-0.2, 0) is 0 Å². The number of hydrogen-bond donors (Lipinski definition) is 2. The molecule has 0 radical (unpaired) electrons. The largest absolute Gasteiger partial charge is 0.336 e. The molecule has 1 amide bonds. The van der Waals surface area contributed by atoms with E-state index < -0.39 is 0 Å². The van der Waals surface area contributed by atoms with Gasteiger partial charge in [-0.2, -0.15) is 12.6 Å². The Bertz CT molecular complexity index is 763. The molecular weight excluding hydrogens is 356 g/mol. The second-order valence-electron chi connectivity index (χ2n) is 7.37. The third-order valence-corrected chi connectivity index (χ3v) is 5.82.